The fraction of sp³-hybridized carbons (Fsp3) is 0.600. The highest BCUT2D eigenvalue weighted by Gasteiger charge is 2.20. The minimum Gasteiger partial charge on any atom is -0.347 e. The second-order valence-electron chi connectivity index (χ2n) is 4.45. The first-order valence-electron chi connectivity index (χ1n) is 5.34. The third-order valence-electron chi connectivity index (χ3n) is 2.36. The van der Waals surface area contributed by atoms with E-state index in [0.717, 1.165) is 0 Å². The van der Waals surface area contributed by atoms with Crippen LogP contribution in [0.25, 0.3) is 0 Å². The summed E-state index contributed by atoms with van der Waals surface area (Å²) in [7, 11) is 4.63. The molecule has 0 aliphatic carbocycles. The summed E-state index contributed by atoms with van der Waals surface area (Å²) in [6, 6.07) is 0. The first kappa shape index (κ1) is 15.0. The van der Waals surface area contributed by atoms with Crippen LogP contribution >= 0.6 is 10.7 Å². The molecule has 8 heteroatoms. The van der Waals surface area contributed by atoms with E-state index < -0.39 is 9.05 Å². The lowest BCUT2D eigenvalue weighted by Gasteiger charge is -2.13. The van der Waals surface area contributed by atoms with E-state index in [2.05, 4.69) is 4.98 Å². The number of aromatic nitrogens is 2. The molecule has 18 heavy (non-hydrogen) atoms. The largest absolute Gasteiger partial charge is 0.347 e. The summed E-state index contributed by atoms with van der Waals surface area (Å²) in [5.74, 6) is 0.365. The van der Waals surface area contributed by atoms with Crippen molar-refractivity contribution in [1.29, 1.82) is 0 Å². The molecule has 102 valence electrons. The Kier molecular flexibility index (Phi) is 4.39. The summed E-state index contributed by atoms with van der Waals surface area (Å²) >= 11 is 0. The molecule has 1 rings (SSSR count). The van der Waals surface area contributed by atoms with Gasteiger partial charge in [0.15, 0.2) is 5.03 Å². The second kappa shape index (κ2) is 5.27. The average molecular weight is 294 g/mol. The van der Waals surface area contributed by atoms with Gasteiger partial charge in [-0.25, -0.2) is 13.4 Å². The number of likely N-dealkylation sites (N-methyl/N-ethyl adjacent to an activating group) is 1. The van der Waals surface area contributed by atoms with Crippen molar-refractivity contribution in [3.63, 3.8) is 0 Å². The molecule has 0 aliphatic rings. The number of hydrogen-bond donors (Lipinski definition) is 0. The van der Waals surface area contributed by atoms with Crippen LogP contribution in [0, 0.1) is 0 Å². The van der Waals surface area contributed by atoms with Gasteiger partial charge in [-0.05, 0) is 0 Å². The average Bonchev–Trinajstić information content (AvgIpc) is 2.60. The summed E-state index contributed by atoms with van der Waals surface area (Å²) < 4.78 is 24.0. The predicted octanol–water partition coefficient (Wildman–Crippen LogP) is 1.02. The van der Waals surface area contributed by atoms with Crippen molar-refractivity contribution >= 4 is 25.6 Å². The molecule has 0 atom stereocenters. The van der Waals surface area contributed by atoms with Crippen LogP contribution in [0.5, 0.6) is 0 Å². The lowest BCUT2D eigenvalue weighted by atomic mass is 10.2. The van der Waals surface area contributed by atoms with Gasteiger partial charge in [0, 0.05) is 36.9 Å². The van der Waals surface area contributed by atoms with Crippen molar-refractivity contribution in [2.75, 3.05) is 14.1 Å². The summed E-state index contributed by atoms with van der Waals surface area (Å²) in [5, 5.41) is -0.223. The van der Waals surface area contributed by atoms with Gasteiger partial charge in [0.25, 0.3) is 9.05 Å². The maximum atomic E-state index is 11.6. The SMILES string of the molecule is CC(C)c1nc(S(=O)(=O)Cl)cn1CC(=O)N(C)C. The van der Waals surface area contributed by atoms with Gasteiger partial charge in [0.2, 0.25) is 5.91 Å². The molecule has 0 spiro atoms. The Bertz CT molecular complexity index is 549. The van der Waals surface area contributed by atoms with E-state index >= 15 is 0 Å². The quantitative estimate of drug-likeness (QED) is 0.777. The smallest absolute Gasteiger partial charge is 0.280 e. The third kappa shape index (κ3) is 3.46. The van der Waals surface area contributed by atoms with Crippen LogP contribution in [0.1, 0.15) is 25.6 Å². The Labute approximate surface area is 111 Å². The number of rotatable bonds is 4. The van der Waals surface area contributed by atoms with E-state index in [1.807, 2.05) is 13.8 Å². The highest BCUT2D eigenvalue weighted by atomic mass is 35.7. The Morgan fingerprint density at radius 1 is 1.50 bits per heavy atom. The highest BCUT2D eigenvalue weighted by Crippen LogP contribution is 2.19. The van der Waals surface area contributed by atoms with E-state index in [1.165, 1.54) is 15.7 Å². The summed E-state index contributed by atoms with van der Waals surface area (Å²) in [4.78, 5) is 17.0. The van der Waals surface area contributed by atoms with E-state index in [-0.39, 0.29) is 23.4 Å². The van der Waals surface area contributed by atoms with Gasteiger partial charge in [-0.1, -0.05) is 13.8 Å². The number of halogens is 1. The molecular formula is C10H16ClN3O3S. The zero-order valence-corrected chi connectivity index (χ0v) is 12.3. The molecule has 0 radical (unpaired) electrons. The molecule has 0 N–H and O–H groups in total. The van der Waals surface area contributed by atoms with E-state index in [4.69, 9.17) is 10.7 Å². The lowest BCUT2D eigenvalue weighted by molar-refractivity contribution is -0.129. The van der Waals surface area contributed by atoms with Crippen molar-refractivity contribution in [3.8, 4) is 0 Å². The summed E-state index contributed by atoms with van der Waals surface area (Å²) in [6.07, 6.45) is 1.29. The maximum Gasteiger partial charge on any atom is 0.280 e. The third-order valence-corrected chi connectivity index (χ3v) is 3.53. The zero-order valence-electron chi connectivity index (χ0n) is 10.7. The fourth-order valence-electron chi connectivity index (χ4n) is 1.40. The molecule has 6 nitrogen and oxygen atoms in total. The van der Waals surface area contributed by atoms with Crippen LogP contribution in [0.15, 0.2) is 11.2 Å². The van der Waals surface area contributed by atoms with Crippen molar-refractivity contribution in [3.05, 3.63) is 12.0 Å². The Balaban J connectivity index is 3.18. The standard InChI is InChI=1S/C10H16ClN3O3S/c1-7(2)10-12-8(18(11,16)17)5-14(10)6-9(15)13(3)4/h5,7H,6H2,1-4H3. The van der Waals surface area contributed by atoms with Crippen molar-refractivity contribution in [2.24, 2.45) is 0 Å². The Morgan fingerprint density at radius 2 is 2.06 bits per heavy atom. The maximum absolute atomic E-state index is 11.6. The van der Waals surface area contributed by atoms with Crippen LogP contribution in [0.4, 0.5) is 0 Å². The van der Waals surface area contributed by atoms with Gasteiger partial charge in [0.1, 0.15) is 12.4 Å². The minimum absolute atomic E-state index is 0.00729. The predicted molar refractivity (Wildman–Crippen MR) is 68.0 cm³/mol. The number of carbonyl (C=O) groups is 1. The second-order valence-corrected chi connectivity index (χ2v) is 6.96. The van der Waals surface area contributed by atoms with Crippen molar-refractivity contribution < 1.29 is 13.2 Å². The van der Waals surface area contributed by atoms with E-state index in [0.29, 0.717) is 5.82 Å². The lowest BCUT2D eigenvalue weighted by Crippen LogP contribution is -2.26. The molecule has 0 saturated carbocycles. The number of imidazole rings is 1. The van der Waals surface area contributed by atoms with Gasteiger partial charge in [-0.2, -0.15) is 0 Å². The number of amides is 1. The van der Waals surface area contributed by atoms with Gasteiger partial charge in [-0.15, -0.1) is 0 Å². The molecule has 1 amide bonds. The molecule has 0 fully saturated rings. The molecular weight excluding hydrogens is 278 g/mol. The van der Waals surface area contributed by atoms with Gasteiger partial charge >= 0.3 is 0 Å². The topological polar surface area (TPSA) is 72.3 Å². The highest BCUT2D eigenvalue weighted by molar-refractivity contribution is 8.13. The van der Waals surface area contributed by atoms with Crippen LogP contribution in [-0.2, 0) is 20.4 Å². The fourth-order valence-corrected chi connectivity index (χ4v) is 2.08. The monoisotopic (exact) mass is 293 g/mol. The van der Waals surface area contributed by atoms with Crippen LogP contribution in [0.2, 0.25) is 0 Å². The normalized spacial score (nSPS) is 11.9. The summed E-state index contributed by atoms with van der Waals surface area (Å²) in [6.45, 7) is 3.77. The molecule has 0 aromatic carbocycles. The molecule has 1 aromatic rings. The van der Waals surface area contributed by atoms with Crippen LogP contribution in [-0.4, -0.2) is 42.9 Å². The van der Waals surface area contributed by atoms with Gasteiger partial charge in [0.05, 0.1) is 0 Å². The number of nitrogens with zero attached hydrogens (tertiary/aromatic N) is 3. The van der Waals surface area contributed by atoms with Gasteiger partial charge < -0.3 is 9.47 Å². The Morgan fingerprint density at radius 3 is 2.44 bits per heavy atom. The van der Waals surface area contributed by atoms with Crippen LogP contribution in [0.3, 0.4) is 0 Å². The molecule has 0 bridgehead atoms. The van der Waals surface area contributed by atoms with Gasteiger partial charge in [-0.3, -0.25) is 4.79 Å². The molecule has 0 aliphatic heterocycles. The first-order chi connectivity index (χ1) is 8.12. The van der Waals surface area contributed by atoms with Crippen LogP contribution < -0.4 is 0 Å². The van der Waals surface area contributed by atoms with E-state index in [1.54, 1.807) is 14.1 Å². The Hall–Kier alpha value is -1.08. The molecule has 0 unspecified atom stereocenters. The van der Waals surface area contributed by atoms with Crippen molar-refractivity contribution in [2.45, 2.75) is 31.3 Å². The van der Waals surface area contributed by atoms with E-state index in [9.17, 15) is 13.2 Å². The minimum atomic E-state index is -3.88. The molecule has 1 heterocycles. The zero-order chi connectivity index (χ0) is 14.1. The number of carbonyl (C=O) groups excluding carboxylic acids is 1. The first-order valence-corrected chi connectivity index (χ1v) is 7.65. The summed E-state index contributed by atoms with van der Waals surface area (Å²) in [5.41, 5.74) is 0. The molecule has 0 saturated heterocycles. The number of hydrogen-bond acceptors (Lipinski definition) is 4. The van der Waals surface area contributed by atoms with Crippen molar-refractivity contribution in [1.82, 2.24) is 14.5 Å². The molecule has 1 aromatic heterocycles.